The number of hydrogen-bond acceptors (Lipinski definition) is 2. The Morgan fingerprint density at radius 3 is 2.46 bits per heavy atom. The van der Waals surface area contributed by atoms with E-state index in [2.05, 4.69) is 10.3 Å². The van der Waals surface area contributed by atoms with Crippen molar-refractivity contribution in [1.29, 1.82) is 0 Å². The van der Waals surface area contributed by atoms with E-state index < -0.39 is 11.6 Å². The first-order valence-corrected chi connectivity index (χ1v) is 8.28. The van der Waals surface area contributed by atoms with Crippen LogP contribution in [0, 0.1) is 17.6 Å². The maximum absolute atomic E-state index is 13.4. The smallest absolute Gasteiger partial charge is 0.251 e. The highest BCUT2D eigenvalue weighted by Gasteiger charge is 2.45. The molecule has 2 fully saturated rings. The molecule has 2 saturated carbocycles. The number of fused-ring (bicyclic) bond motifs is 2. The lowest BCUT2D eigenvalue weighted by atomic mass is 9.93. The Morgan fingerprint density at radius 1 is 1.12 bits per heavy atom. The molecule has 2 aliphatic rings. The molecule has 0 aliphatic heterocycles. The molecule has 0 spiro atoms. The first kappa shape index (κ1) is 15.2. The van der Waals surface area contributed by atoms with Gasteiger partial charge in [-0.3, -0.25) is 9.78 Å². The molecule has 124 valence electrons. The molecule has 2 aliphatic carbocycles. The van der Waals surface area contributed by atoms with Crippen LogP contribution in [-0.2, 0) is 0 Å². The molecule has 1 N–H and O–H groups in total. The molecule has 24 heavy (non-hydrogen) atoms. The fraction of sp³-hybridized carbons (Fsp3) is 0.368. The summed E-state index contributed by atoms with van der Waals surface area (Å²) >= 11 is 0. The minimum atomic E-state index is -0.663. The molecular formula is C19H18F2N2O. The number of halogens is 2. The molecular weight excluding hydrogens is 310 g/mol. The van der Waals surface area contributed by atoms with E-state index in [9.17, 15) is 13.6 Å². The van der Waals surface area contributed by atoms with Crippen LogP contribution in [0.4, 0.5) is 8.78 Å². The maximum Gasteiger partial charge on any atom is 0.251 e. The Hall–Kier alpha value is -2.30. The van der Waals surface area contributed by atoms with Gasteiger partial charge in [0.1, 0.15) is 11.6 Å². The molecule has 2 aromatic rings. The Labute approximate surface area is 139 Å². The van der Waals surface area contributed by atoms with Gasteiger partial charge in [0.05, 0.1) is 5.69 Å². The van der Waals surface area contributed by atoms with Crippen molar-refractivity contribution in [2.24, 2.45) is 5.92 Å². The van der Waals surface area contributed by atoms with Crippen molar-refractivity contribution in [1.82, 2.24) is 10.3 Å². The summed E-state index contributed by atoms with van der Waals surface area (Å²) in [5, 5.41) is 3.19. The number of benzene rings is 1. The normalized spacial score (nSPS) is 25.0. The lowest BCUT2D eigenvalue weighted by molar-refractivity contribution is 0.0901. The molecule has 2 bridgehead atoms. The van der Waals surface area contributed by atoms with Crippen molar-refractivity contribution in [2.75, 3.05) is 0 Å². The first-order chi connectivity index (χ1) is 11.5. The fourth-order valence-corrected chi connectivity index (χ4v) is 4.11. The molecule has 1 aromatic carbocycles. The highest BCUT2D eigenvalue weighted by molar-refractivity contribution is 5.95. The summed E-state index contributed by atoms with van der Waals surface area (Å²) in [5.41, 5.74) is 1.11. The zero-order valence-electron chi connectivity index (χ0n) is 13.2. The molecule has 0 saturated heterocycles. The molecule has 1 amide bonds. The first-order valence-electron chi connectivity index (χ1n) is 8.28. The van der Waals surface area contributed by atoms with Crippen LogP contribution >= 0.6 is 0 Å². The second kappa shape index (κ2) is 5.65. The second-order valence-corrected chi connectivity index (χ2v) is 6.97. The van der Waals surface area contributed by atoms with Gasteiger partial charge in [-0.15, -0.1) is 0 Å². The van der Waals surface area contributed by atoms with Gasteiger partial charge in [-0.1, -0.05) is 0 Å². The number of carbonyl (C=O) groups excluding carboxylic acids is 1. The molecule has 1 aromatic heterocycles. The third kappa shape index (κ3) is 2.79. The van der Waals surface area contributed by atoms with E-state index in [0.29, 0.717) is 16.8 Å². The van der Waals surface area contributed by atoms with E-state index in [4.69, 9.17) is 0 Å². The van der Waals surface area contributed by atoms with Gasteiger partial charge in [-0.05, 0) is 62.3 Å². The zero-order valence-corrected chi connectivity index (χ0v) is 13.2. The summed E-state index contributed by atoms with van der Waals surface area (Å²) in [6.45, 7) is 0. The fourth-order valence-electron chi connectivity index (χ4n) is 4.11. The average molecular weight is 328 g/mol. The van der Waals surface area contributed by atoms with E-state index in [1.807, 2.05) is 0 Å². The quantitative estimate of drug-likeness (QED) is 0.922. The minimum Gasteiger partial charge on any atom is -0.347 e. The Bertz CT molecular complexity index is 777. The molecule has 1 heterocycles. The second-order valence-electron chi connectivity index (χ2n) is 6.97. The topological polar surface area (TPSA) is 42.0 Å². The Morgan fingerprint density at radius 2 is 1.83 bits per heavy atom. The van der Waals surface area contributed by atoms with Crippen molar-refractivity contribution < 1.29 is 13.6 Å². The predicted octanol–water partition coefficient (Wildman–Crippen LogP) is 4.09. The summed E-state index contributed by atoms with van der Waals surface area (Å²) < 4.78 is 26.8. The van der Waals surface area contributed by atoms with Crippen LogP contribution in [0.1, 0.15) is 42.5 Å². The number of amides is 1. The summed E-state index contributed by atoms with van der Waals surface area (Å²) in [6.07, 6.45) is 7.00. The number of carbonyl (C=O) groups is 1. The van der Waals surface area contributed by atoms with Crippen molar-refractivity contribution in [3.8, 4) is 11.3 Å². The number of nitrogens with one attached hydrogen (secondary N) is 1. The molecule has 0 atom stereocenters. The van der Waals surface area contributed by atoms with Crippen LogP contribution in [0.25, 0.3) is 11.3 Å². The van der Waals surface area contributed by atoms with Gasteiger partial charge in [-0.2, -0.15) is 0 Å². The largest absolute Gasteiger partial charge is 0.347 e. The summed E-state index contributed by atoms with van der Waals surface area (Å²) in [7, 11) is 0. The summed E-state index contributed by atoms with van der Waals surface area (Å²) in [4.78, 5) is 16.8. The van der Waals surface area contributed by atoms with E-state index in [1.54, 1.807) is 12.1 Å². The van der Waals surface area contributed by atoms with Crippen LogP contribution < -0.4 is 5.32 Å². The minimum absolute atomic E-state index is 0.0594. The van der Waals surface area contributed by atoms with E-state index >= 15 is 0 Å². The van der Waals surface area contributed by atoms with Crippen LogP contribution in [0.2, 0.25) is 0 Å². The number of pyridine rings is 1. The molecule has 0 unspecified atom stereocenters. The van der Waals surface area contributed by atoms with E-state index in [1.165, 1.54) is 31.2 Å². The highest BCUT2D eigenvalue weighted by atomic mass is 19.1. The van der Waals surface area contributed by atoms with Gasteiger partial charge in [0, 0.05) is 28.9 Å². The lowest BCUT2D eigenvalue weighted by Crippen LogP contribution is -2.45. The van der Waals surface area contributed by atoms with Gasteiger partial charge < -0.3 is 5.32 Å². The van der Waals surface area contributed by atoms with Gasteiger partial charge >= 0.3 is 0 Å². The van der Waals surface area contributed by atoms with Gasteiger partial charge in [0.25, 0.3) is 5.91 Å². The Kier molecular flexibility index (Phi) is 3.59. The van der Waals surface area contributed by atoms with Gasteiger partial charge in [0.15, 0.2) is 0 Å². The Balaban J connectivity index is 1.59. The number of hydrogen-bond donors (Lipinski definition) is 1. The molecule has 5 heteroatoms. The molecule has 4 rings (SSSR count). The van der Waals surface area contributed by atoms with Crippen molar-refractivity contribution in [3.63, 3.8) is 0 Å². The van der Waals surface area contributed by atoms with Crippen LogP contribution in [0.15, 0.2) is 36.5 Å². The van der Waals surface area contributed by atoms with Crippen molar-refractivity contribution >= 4 is 5.91 Å². The van der Waals surface area contributed by atoms with Crippen molar-refractivity contribution in [2.45, 2.75) is 37.6 Å². The van der Waals surface area contributed by atoms with Crippen LogP contribution in [0.3, 0.4) is 0 Å². The van der Waals surface area contributed by atoms with E-state index in [-0.39, 0.29) is 11.4 Å². The average Bonchev–Trinajstić information content (AvgIpc) is 3.14. The predicted molar refractivity (Wildman–Crippen MR) is 86.4 cm³/mol. The zero-order chi connectivity index (χ0) is 16.7. The molecule has 0 radical (unpaired) electrons. The summed E-state index contributed by atoms with van der Waals surface area (Å²) in [5.74, 6) is -0.723. The lowest BCUT2D eigenvalue weighted by Gasteiger charge is -2.28. The third-order valence-corrected chi connectivity index (χ3v) is 5.30. The van der Waals surface area contributed by atoms with Crippen LogP contribution in [0.5, 0.6) is 0 Å². The number of rotatable bonds is 3. The SMILES string of the molecule is O=C(NC12CCC(CC1)C2)c1ccnc(-c2cc(F)cc(F)c2)c1. The number of aromatic nitrogens is 1. The van der Waals surface area contributed by atoms with Gasteiger partial charge in [0.2, 0.25) is 0 Å². The van der Waals surface area contributed by atoms with Crippen molar-refractivity contribution in [3.05, 3.63) is 53.7 Å². The monoisotopic (exact) mass is 328 g/mol. The molecule has 3 nitrogen and oxygen atoms in total. The van der Waals surface area contributed by atoms with E-state index in [0.717, 1.165) is 31.2 Å². The van der Waals surface area contributed by atoms with Crippen LogP contribution in [-0.4, -0.2) is 16.4 Å². The summed E-state index contributed by atoms with van der Waals surface area (Å²) in [6, 6.07) is 6.46. The number of nitrogens with zero attached hydrogens (tertiary/aromatic N) is 1. The highest BCUT2D eigenvalue weighted by Crippen LogP contribution is 2.47. The third-order valence-electron chi connectivity index (χ3n) is 5.30. The standard InChI is InChI=1S/C19H18F2N2O/c20-15-7-14(8-16(21)10-15)17-9-13(3-6-22-17)18(24)23-19-4-1-12(11-19)2-5-19/h3,6-10,12H,1-2,4-5,11H2,(H,23,24). The van der Waals surface area contributed by atoms with Gasteiger partial charge in [-0.25, -0.2) is 8.78 Å². The maximum atomic E-state index is 13.4.